The summed E-state index contributed by atoms with van der Waals surface area (Å²) in [5, 5.41) is 15.6. The Morgan fingerprint density at radius 3 is 2.58 bits per heavy atom. The molecule has 3 aromatic rings. The topological polar surface area (TPSA) is 87.0 Å². The second kappa shape index (κ2) is 7.13. The molecule has 1 aromatic heterocycles. The molecule has 0 unspecified atom stereocenters. The van der Waals surface area contributed by atoms with Crippen LogP contribution in [-0.2, 0) is 12.0 Å². The summed E-state index contributed by atoms with van der Waals surface area (Å²) in [5.41, 5.74) is 6.31. The Bertz CT molecular complexity index is 1240. The Hall–Kier alpha value is -3.85. The van der Waals surface area contributed by atoms with Crippen LogP contribution in [0.1, 0.15) is 39.9 Å². The Balaban J connectivity index is 1.42. The van der Waals surface area contributed by atoms with Crippen LogP contribution in [0.25, 0.3) is 11.1 Å². The van der Waals surface area contributed by atoms with E-state index in [2.05, 4.69) is 21.7 Å². The van der Waals surface area contributed by atoms with Crippen LogP contribution in [0.15, 0.2) is 48.7 Å². The molecule has 1 fully saturated rings. The summed E-state index contributed by atoms with van der Waals surface area (Å²) in [6.45, 7) is 2.52. The summed E-state index contributed by atoms with van der Waals surface area (Å²) in [6.07, 6.45) is 3.72. The number of fused-ring (bicyclic) bond motifs is 1. The monoisotopic (exact) mass is 410 g/mol. The van der Waals surface area contributed by atoms with Gasteiger partial charge in [-0.25, -0.2) is 4.98 Å². The number of aromatic nitrogens is 1. The van der Waals surface area contributed by atoms with E-state index in [4.69, 9.17) is 4.74 Å². The maximum absolute atomic E-state index is 12.2. The van der Waals surface area contributed by atoms with Crippen LogP contribution >= 0.6 is 0 Å². The number of carbonyl (C=O) groups is 1. The van der Waals surface area contributed by atoms with Gasteiger partial charge in [0, 0.05) is 24.0 Å². The number of hydrogen-bond acceptors (Lipinski definition) is 5. The first kappa shape index (κ1) is 19.1. The van der Waals surface area contributed by atoms with E-state index in [0.29, 0.717) is 17.9 Å². The lowest BCUT2D eigenvalue weighted by Gasteiger charge is -2.14. The molecule has 1 aliphatic carbocycles. The van der Waals surface area contributed by atoms with Gasteiger partial charge in [-0.15, -0.1) is 0 Å². The SMILES string of the molecule is COc1ccc(-c2cnc(Nc3ccc(C4(C#N)CC4)cc3)cc2C)c2c1C(=O)NC2. The van der Waals surface area contributed by atoms with Gasteiger partial charge in [0.2, 0.25) is 0 Å². The number of methoxy groups -OCH3 is 1. The molecule has 2 aliphatic rings. The molecule has 2 N–H and O–H groups in total. The van der Waals surface area contributed by atoms with Crippen LogP contribution in [0.3, 0.4) is 0 Å². The number of aryl methyl sites for hydroxylation is 1. The van der Waals surface area contributed by atoms with Gasteiger partial charge < -0.3 is 15.4 Å². The number of carbonyl (C=O) groups excluding carboxylic acids is 1. The van der Waals surface area contributed by atoms with Gasteiger partial charge in [0.25, 0.3) is 5.91 Å². The van der Waals surface area contributed by atoms with Gasteiger partial charge in [0.15, 0.2) is 0 Å². The maximum Gasteiger partial charge on any atom is 0.255 e. The van der Waals surface area contributed by atoms with Gasteiger partial charge in [0.1, 0.15) is 11.6 Å². The normalized spacial score (nSPS) is 15.6. The number of amides is 1. The van der Waals surface area contributed by atoms with Crippen molar-refractivity contribution >= 4 is 17.4 Å². The first-order valence-electron chi connectivity index (χ1n) is 10.3. The minimum absolute atomic E-state index is 0.106. The Labute approximate surface area is 180 Å². The molecule has 6 nitrogen and oxygen atoms in total. The molecule has 2 heterocycles. The second-order valence-corrected chi connectivity index (χ2v) is 8.13. The van der Waals surface area contributed by atoms with Gasteiger partial charge in [0.05, 0.1) is 24.2 Å². The average Bonchev–Trinajstić information content (AvgIpc) is 3.50. The van der Waals surface area contributed by atoms with E-state index >= 15 is 0 Å². The fourth-order valence-corrected chi connectivity index (χ4v) is 4.26. The van der Waals surface area contributed by atoms with Gasteiger partial charge in [-0.05, 0) is 66.3 Å². The van der Waals surface area contributed by atoms with E-state index in [1.807, 2.05) is 55.6 Å². The summed E-state index contributed by atoms with van der Waals surface area (Å²) in [5.74, 6) is 1.23. The van der Waals surface area contributed by atoms with E-state index in [-0.39, 0.29) is 11.3 Å². The van der Waals surface area contributed by atoms with Crippen molar-refractivity contribution in [3.63, 3.8) is 0 Å². The predicted octanol–water partition coefficient (Wildman–Crippen LogP) is 4.61. The fourth-order valence-electron chi connectivity index (χ4n) is 4.26. The number of hydrogen-bond donors (Lipinski definition) is 2. The molecule has 0 radical (unpaired) electrons. The zero-order valence-electron chi connectivity index (χ0n) is 17.5. The van der Waals surface area contributed by atoms with Gasteiger partial charge in [-0.3, -0.25) is 4.79 Å². The molecule has 1 aliphatic heterocycles. The highest BCUT2D eigenvalue weighted by Gasteiger charge is 2.44. The molecule has 2 aromatic carbocycles. The molecular formula is C25H22N4O2. The van der Waals surface area contributed by atoms with E-state index in [1.54, 1.807) is 7.11 Å². The molecule has 1 saturated carbocycles. The second-order valence-electron chi connectivity index (χ2n) is 8.13. The number of nitrogens with zero attached hydrogens (tertiary/aromatic N) is 2. The number of nitrogens with one attached hydrogen (secondary N) is 2. The highest BCUT2D eigenvalue weighted by atomic mass is 16.5. The molecule has 6 heteroatoms. The van der Waals surface area contributed by atoms with Crippen molar-refractivity contribution in [2.24, 2.45) is 0 Å². The summed E-state index contributed by atoms with van der Waals surface area (Å²) in [6, 6.07) is 16.3. The summed E-state index contributed by atoms with van der Waals surface area (Å²) in [4.78, 5) is 16.8. The molecule has 154 valence electrons. The maximum atomic E-state index is 12.2. The zero-order chi connectivity index (χ0) is 21.6. The third-order valence-corrected chi connectivity index (χ3v) is 6.22. The van der Waals surface area contributed by atoms with E-state index in [1.165, 1.54) is 0 Å². The molecule has 1 amide bonds. The summed E-state index contributed by atoms with van der Waals surface area (Å²) < 4.78 is 5.37. The number of pyridine rings is 1. The van der Waals surface area contributed by atoms with Crippen molar-refractivity contribution in [2.75, 3.05) is 12.4 Å². The highest BCUT2D eigenvalue weighted by Crippen LogP contribution is 2.47. The van der Waals surface area contributed by atoms with Crippen LogP contribution in [0.5, 0.6) is 5.75 Å². The highest BCUT2D eigenvalue weighted by molar-refractivity contribution is 6.03. The Kier molecular flexibility index (Phi) is 4.40. The van der Waals surface area contributed by atoms with Crippen molar-refractivity contribution in [1.29, 1.82) is 5.26 Å². The van der Waals surface area contributed by atoms with E-state index in [0.717, 1.165) is 52.2 Å². The fraction of sp³-hybridized carbons (Fsp3) is 0.240. The van der Waals surface area contributed by atoms with E-state index < -0.39 is 0 Å². The number of rotatable bonds is 5. The first-order chi connectivity index (χ1) is 15.0. The van der Waals surface area contributed by atoms with Crippen molar-refractivity contribution in [3.8, 4) is 22.9 Å². The standard InChI is InChI=1S/C25H22N4O2/c1-15-11-22(29-17-5-3-16(4-6-17)25(14-26)9-10-25)27-12-19(15)18-7-8-21(31-2)23-20(18)13-28-24(23)30/h3-8,11-12H,9-10,13H2,1-2H3,(H,27,29)(H,28,30). The lowest BCUT2D eigenvalue weighted by molar-refractivity contribution is 0.0963. The van der Waals surface area contributed by atoms with Crippen molar-refractivity contribution < 1.29 is 9.53 Å². The summed E-state index contributed by atoms with van der Waals surface area (Å²) in [7, 11) is 1.57. The Morgan fingerprint density at radius 1 is 1.16 bits per heavy atom. The Morgan fingerprint density at radius 2 is 1.94 bits per heavy atom. The van der Waals surface area contributed by atoms with Crippen LogP contribution in [0.2, 0.25) is 0 Å². The van der Waals surface area contributed by atoms with Crippen LogP contribution in [0, 0.1) is 18.3 Å². The number of ether oxygens (including phenoxy) is 1. The van der Waals surface area contributed by atoms with Crippen molar-refractivity contribution in [2.45, 2.75) is 31.7 Å². The molecule has 0 saturated heterocycles. The first-order valence-corrected chi connectivity index (χ1v) is 10.3. The lowest BCUT2D eigenvalue weighted by Crippen LogP contribution is -2.13. The minimum Gasteiger partial charge on any atom is -0.496 e. The van der Waals surface area contributed by atoms with Gasteiger partial charge in [-0.2, -0.15) is 5.26 Å². The largest absolute Gasteiger partial charge is 0.496 e. The number of nitriles is 1. The van der Waals surface area contributed by atoms with Gasteiger partial charge in [-0.1, -0.05) is 18.2 Å². The van der Waals surface area contributed by atoms with E-state index in [9.17, 15) is 10.1 Å². The molecule has 0 bridgehead atoms. The summed E-state index contributed by atoms with van der Waals surface area (Å²) >= 11 is 0. The zero-order valence-corrected chi connectivity index (χ0v) is 17.5. The molecule has 31 heavy (non-hydrogen) atoms. The number of benzene rings is 2. The predicted molar refractivity (Wildman–Crippen MR) is 118 cm³/mol. The minimum atomic E-state index is -0.274. The van der Waals surface area contributed by atoms with Crippen LogP contribution in [-0.4, -0.2) is 18.0 Å². The third-order valence-electron chi connectivity index (χ3n) is 6.22. The average molecular weight is 410 g/mol. The lowest BCUT2D eigenvalue weighted by atomic mass is 9.94. The third kappa shape index (κ3) is 3.19. The van der Waals surface area contributed by atoms with Crippen LogP contribution in [0.4, 0.5) is 11.5 Å². The molecule has 0 atom stereocenters. The molecule has 5 rings (SSSR count). The smallest absolute Gasteiger partial charge is 0.255 e. The quantitative estimate of drug-likeness (QED) is 0.641. The van der Waals surface area contributed by atoms with Crippen molar-refractivity contribution in [3.05, 3.63) is 70.9 Å². The van der Waals surface area contributed by atoms with Crippen molar-refractivity contribution in [1.82, 2.24) is 10.3 Å². The molecule has 0 spiro atoms. The van der Waals surface area contributed by atoms with Gasteiger partial charge >= 0.3 is 0 Å². The number of anilines is 2. The van der Waals surface area contributed by atoms with Crippen LogP contribution < -0.4 is 15.4 Å². The molecular weight excluding hydrogens is 388 g/mol.